The van der Waals surface area contributed by atoms with Crippen LogP contribution in [-0.2, 0) is 28.6 Å². The molecule has 0 saturated heterocycles. The van der Waals surface area contributed by atoms with Gasteiger partial charge in [-0.2, -0.15) is 0 Å². The van der Waals surface area contributed by atoms with Crippen molar-refractivity contribution >= 4 is 17.9 Å². The molecule has 0 aliphatic heterocycles. The van der Waals surface area contributed by atoms with Crippen LogP contribution in [-0.4, -0.2) is 37.2 Å². The summed E-state index contributed by atoms with van der Waals surface area (Å²) in [6.45, 7) is 6.37. The topological polar surface area (TPSA) is 78.9 Å². The summed E-state index contributed by atoms with van der Waals surface area (Å²) in [6, 6.07) is 0. The van der Waals surface area contributed by atoms with Crippen molar-refractivity contribution in [3.8, 4) is 0 Å². The van der Waals surface area contributed by atoms with Crippen LogP contribution in [0.3, 0.4) is 0 Å². The van der Waals surface area contributed by atoms with Gasteiger partial charge in [0.05, 0.1) is 0 Å². The molecule has 0 spiro atoms. The molecule has 0 N–H and O–H groups in total. The second-order valence-corrected chi connectivity index (χ2v) is 14.6. The van der Waals surface area contributed by atoms with Gasteiger partial charge in [-0.05, 0) is 96.3 Å². The van der Waals surface area contributed by atoms with Crippen molar-refractivity contribution in [2.45, 2.75) is 207 Å². The lowest BCUT2D eigenvalue weighted by molar-refractivity contribution is -0.167. The predicted octanol–water partition coefficient (Wildman–Crippen LogP) is 14.3. The van der Waals surface area contributed by atoms with E-state index in [0.29, 0.717) is 19.3 Å². The molecule has 314 valence electrons. The van der Waals surface area contributed by atoms with E-state index < -0.39 is 6.10 Å². The van der Waals surface area contributed by atoms with Crippen LogP contribution in [0.1, 0.15) is 201 Å². The van der Waals surface area contributed by atoms with E-state index in [4.69, 9.17) is 14.2 Å². The third-order valence-corrected chi connectivity index (χ3v) is 9.19. The van der Waals surface area contributed by atoms with Crippen LogP contribution in [0.4, 0.5) is 0 Å². The Morgan fingerprint density at radius 3 is 1.33 bits per heavy atom. The van der Waals surface area contributed by atoms with Gasteiger partial charge in [0.15, 0.2) is 6.10 Å². The van der Waals surface area contributed by atoms with Crippen LogP contribution in [0.25, 0.3) is 0 Å². The van der Waals surface area contributed by atoms with Gasteiger partial charge in [-0.25, -0.2) is 0 Å². The Labute approximate surface area is 338 Å². The van der Waals surface area contributed by atoms with Gasteiger partial charge in [-0.1, -0.05) is 158 Å². The second-order valence-electron chi connectivity index (χ2n) is 14.6. The maximum Gasteiger partial charge on any atom is 0.306 e. The highest BCUT2D eigenvalue weighted by atomic mass is 16.6. The fourth-order valence-electron chi connectivity index (χ4n) is 5.78. The summed E-state index contributed by atoms with van der Waals surface area (Å²) < 4.78 is 16.6. The highest BCUT2D eigenvalue weighted by Crippen LogP contribution is 2.12. The standard InChI is InChI=1S/C49H82O6/c1-4-7-10-13-16-19-22-24-25-26-28-30-33-36-39-42-48(51)54-45-46(44-53-47(50)41-38-35-32-29-21-18-15-12-9-6-3)55-49(52)43-40-37-34-31-27-23-20-17-14-11-8-5-2/h8,11,15-20,22,24,27,31,46H,4-7,9-10,12-14,21,23,25-26,28-30,32-45H2,1-3H3/b11-8-,18-15-,19-16-,20-17-,24-22-,31-27-. The van der Waals surface area contributed by atoms with Crippen LogP contribution < -0.4 is 0 Å². The lowest BCUT2D eigenvalue weighted by Crippen LogP contribution is -2.30. The molecule has 0 rings (SSSR count). The van der Waals surface area contributed by atoms with Gasteiger partial charge in [0.2, 0.25) is 0 Å². The van der Waals surface area contributed by atoms with Gasteiger partial charge in [0.25, 0.3) is 0 Å². The summed E-state index contributed by atoms with van der Waals surface area (Å²) in [7, 11) is 0. The van der Waals surface area contributed by atoms with Gasteiger partial charge in [0, 0.05) is 19.3 Å². The summed E-state index contributed by atoms with van der Waals surface area (Å²) in [6.07, 6.45) is 53.1. The van der Waals surface area contributed by atoms with Crippen molar-refractivity contribution in [3.05, 3.63) is 72.9 Å². The van der Waals surface area contributed by atoms with Crippen molar-refractivity contribution in [1.82, 2.24) is 0 Å². The summed E-state index contributed by atoms with van der Waals surface area (Å²) >= 11 is 0. The first-order valence-corrected chi connectivity index (χ1v) is 22.5. The molecule has 6 nitrogen and oxygen atoms in total. The average Bonchev–Trinajstić information content (AvgIpc) is 3.18. The van der Waals surface area contributed by atoms with E-state index in [9.17, 15) is 14.4 Å². The van der Waals surface area contributed by atoms with E-state index in [1.165, 1.54) is 57.8 Å². The van der Waals surface area contributed by atoms with Gasteiger partial charge < -0.3 is 14.2 Å². The van der Waals surface area contributed by atoms with E-state index in [1.807, 2.05) is 0 Å². The number of hydrogen-bond donors (Lipinski definition) is 0. The first-order chi connectivity index (χ1) is 27.0. The number of allylic oxidation sites excluding steroid dienone is 12. The van der Waals surface area contributed by atoms with Gasteiger partial charge in [0.1, 0.15) is 13.2 Å². The van der Waals surface area contributed by atoms with Crippen molar-refractivity contribution in [2.75, 3.05) is 13.2 Å². The largest absolute Gasteiger partial charge is 0.462 e. The molecule has 0 heterocycles. The lowest BCUT2D eigenvalue weighted by Gasteiger charge is -2.18. The fourth-order valence-corrected chi connectivity index (χ4v) is 5.78. The quantitative estimate of drug-likeness (QED) is 0.0204. The molecule has 0 radical (unpaired) electrons. The molecule has 0 aliphatic carbocycles. The van der Waals surface area contributed by atoms with E-state index in [2.05, 4.69) is 93.7 Å². The zero-order valence-corrected chi connectivity index (χ0v) is 35.7. The molecule has 0 bridgehead atoms. The highest BCUT2D eigenvalue weighted by Gasteiger charge is 2.19. The first kappa shape index (κ1) is 51.9. The molecule has 0 saturated carbocycles. The predicted molar refractivity (Wildman–Crippen MR) is 233 cm³/mol. The number of unbranched alkanes of at least 4 members (excludes halogenated alkanes) is 17. The average molecular weight is 767 g/mol. The normalized spacial score (nSPS) is 12.7. The third kappa shape index (κ3) is 41.8. The molecular weight excluding hydrogens is 685 g/mol. The minimum atomic E-state index is -0.802. The Morgan fingerprint density at radius 1 is 0.400 bits per heavy atom. The number of rotatable bonds is 39. The molecule has 0 aromatic carbocycles. The summed E-state index contributed by atoms with van der Waals surface area (Å²) in [5.41, 5.74) is 0. The van der Waals surface area contributed by atoms with Crippen LogP contribution >= 0.6 is 0 Å². The van der Waals surface area contributed by atoms with Gasteiger partial charge in [-0.15, -0.1) is 0 Å². The van der Waals surface area contributed by atoms with E-state index in [1.54, 1.807) is 0 Å². The summed E-state index contributed by atoms with van der Waals surface area (Å²) in [5.74, 6) is -0.974. The molecule has 0 amide bonds. The number of carbonyl (C=O) groups excluding carboxylic acids is 3. The van der Waals surface area contributed by atoms with E-state index >= 15 is 0 Å². The molecule has 55 heavy (non-hydrogen) atoms. The van der Waals surface area contributed by atoms with Crippen LogP contribution in [0.2, 0.25) is 0 Å². The number of ether oxygens (including phenoxy) is 3. The number of carbonyl (C=O) groups is 3. The zero-order chi connectivity index (χ0) is 40.1. The molecule has 0 aromatic heterocycles. The van der Waals surface area contributed by atoms with Crippen molar-refractivity contribution in [3.63, 3.8) is 0 Å². The monoisotopic (exact) mass is 767 g/mol. The maximum atomic E-state index is 12.7. The van der Waals surface area contributed by atoms with Gasteiger partial charge >= 0.3 is 17.9 Å². The van der Waals surface area contributed by atoms with E-state index in [-0.39, 0.29) is 37.5 Å². The van der Waals surface area contributed by atoms with Crippen LogP contribution in [0, 0.1) is 0 Å². The molecule has 6 heteroatoms. The smallest absolute Gasteiger partial charge is 0.306 e. The van der Waals surface area contributed by atoms with E-state index in [0.717, 1.165) is 96.3 Å². The number of esters is 3. The molecule has 0 fully saturated rings. The number of hydrogen-bond acceptors (Lipinski definition) is 6. The van der Waals surface area contributed by atoms with Crippen LogP contribution in [0.15, 0.2) is 72.9 Å². The fraction of sp³-hybridized carbons (Fsp3) is 0.694. The SMILES string of the molecule is CC/C=C\C/C=C\C/C=C\CCCCC(=O)OC(COC(=O)CCCCCC/C=C\CCCC)COC(=O)CCCCCCCC/C=C\C=C/CCCCC. The Hall–Kier alpha value is -3.15. The molecule has 1 atom stereocenters. The van der Waals surface area contributed by atoms with Crippen molar-refractivity contribution in [2.24, 2.45) is 0 Å². The minimum Gasteiger partial charge on any atom is -0.462 e. The molecular formula is C49H82O6. The lowest BCUT2D eigenvalue weighted by atomic mass is 10.1. The second kappa shape index (κ2) is 43.6. The molecule has 0 aromatic rings. The first-order valence-electron chi connectivity index (χ1n) is 22.5. The highest BCUT2D eigenvalue weighted by molar-refractivity contribution is 5.71. The van der Waals surface area contributed by atoms with Crippen molar-refractivity contribution in [1.29, 1.82) is 0 Å². The van der Waals surface area contributed by atoms with Gasteiger partial charge in [-0.3, -0.25) is 14.4 Å². The minimum absolute atomic E-state index is 0.102. The molecule has 0 aliphatic rings. The van der Waals surface area contributed by atoms with Crippen molar-refractivity contribution < 1.29 is 28.6 Å². The molecule has 1 unspecified atom stereocenters. The third-order valence-electron chi connectivity index (χ3n) is 9.19. The zero-order valence-electron chi connectivity index (χ0n) is 35.7. The maximum absolute atomic E-state index is 12.7. The Kier molecular flexibility index (Phi) is 41.1. The summed E-state index contributed by atoms with van der Waals surface area (Å²) in [5, 5.41) is 0. The Balaban J connectivity index is 4.46. The Morgan fingerprint density at radius 2 is 0.782 bits per heavy atom. The summed E-state index contributed by atoms with van der Waals surface area (Å²) in [4.78, 5) is 37.7. The van der Waals surface area contributed by atoms with Crippen LogP contribution in [0.5, 0.6) is 0 Å². The Bertz CT molecular complexity index is 1070.